The number of carbonyl (C=O) groups is 2. The van der Waals surface area contributed by atoms with Crippen molar-refractivity contribution >= 4 is 35.0 Å². The summed E-state index contributed by atoms with van der Waals surface area (Å²) in [6.45, 7) is 3.22. The summed E-state index contributed by atoms with van der Waals surface area (Å²) < 4.78 is 0. The zero-order valence-corrected chi connectivity index (χ0v) is 11.7. The number of aryl methyl sites for hydroxylation is 1. The van der Waals surface area contributed by atoms with E-state index in [1.54, 1.807) is 13.8 Å². The Morgan fingerprint density at radius 2 is 2.00 bits per heavy atom. The van der Waals surface area contributed by atoms with E-state index in [0.29, 0.717) is 11.3 Å². The van der Waals surface area contributed by atoms with E-state index in [0.717, 1.165) is 0 Å². The van der Waals surface area contributed by atoms with Gasteiger partial charge in [-0.1, -0.05) is 23.2 Å². The molecule has 1 atom stereocenters. The SMILES string of the molecule is CNC(=O)[C@@H](C)NC(=O)c1cc(Cl)c(Cl)nc1C. The van der Waals surface area contributed by atoms with Crippen LogP contribution in [0.15, 0.2) is 6.07 Å². The number of hydrogen-bond acceptors (Lipinski definition) is 3. The number of carbonyl (C=O) groups excluding carboxylic acids is 2. The van der Waals surface area contributed by atoms with E-state index in [1.807, 2.05) is 0 Å². The Hall–Kier alpha value is -1.33. The maximum atomic E-state index is 11.9. The van der Waals surface area contributed by atoms with Gasteiger partial charge in [0.15, 0.2) is 0 Å². The topological polar surface area (TPSA) is 71.1 Å². The van der Waals surface area contributed by atoms with Crippen LogP contribution in [-0.4, -0.2) is 29.9 Å². The van der Waals surface area contributed by atoms with E-state index in [-0.39, 0.29) is 16.1 Å². The van der Waals surface area contributed by atoms with Gasteiger partial charge in [0, 0.05) is 7.05 Å². The first-order valence-corrected chi connectivity index (χ1v) is 5.97. The molecule has 1 rings (SSSR count). The van der Waals surface area contributed by atoms with Crippen LogP contribution < -0.4 is 10.6 Å². The monoisotopic (exact) mass is 289 g/mol. The van der Waals surface area contributed by atoms with Crippen LogP contribution in [0.3, 0.4) is 0 Å². The summed E-state index contributed by atoms with van der Waals surface area (Å²) in [7, 11) is 1.50. The van der Waals surface area contributed by atoms with E-state index in [9.17, 15) is 9.59 Å². The van der Waals surface area contributed by atoms with Crippen molar-refractivity contribution in [1.82, 2.24) is 15.6 Å². The Morgan fingerprint density at radius 1 is 1.39 bits per heavy atom. The molecule has 0 saturated carbocycles. The number of pyridine rings is 1. The third kappa shape index (κ3) is 3.34. The van der Waals surface area contributed by atoms with Crippen molar-refractivity contribution in [3.63, 3.8) is 0 Å². The second-order valence-corrected chi connectivity index (χ2v) is 4.47. The lowest BCUT2D eigenvalue weighted by Gasteiger charge is -2.13. The van der Waals surface area contributed by atoms with Gasteiger partial charge in [-0.3, -0.25) is 9.59 Å². The quantitative estimate of drug-likeness (QED) is 0.830. The number of nitrogens with zero attached hydrogens (tertiary/aromatic N) is 1. The van der Waals surface area contributed by atoms with Crippen LogP contribution in [0, 0.1) is 6.92 Å². The van der Waals surface area contributed by atoms with Crippen LogP contribution in [0.2, 0.25) is 10.2 Å². The van der Waals surface area contributed by atoms with Crippen molar-refractivity contribution in [2.45, 2.75) is 19.9 Å². The Morgan fingerprint density at radius 3 is 2.56 bits per heavy atom. The summed E-state index contributed by atoms with van der Waals surface area (Å²) >= 11 is 11.5. The molecule has 1 heterocycles. The van der Waals surface area contributed by atoms with Gasteiger partial charge in [-0.2, -0.15) is 0 Å². The third-order valence-electron chi connectivity index (χ3n) is 2.36. The maximum Gasteiger partial charge on any atom is 0.253 e. The minimum absolute atomic E-state index is 0.144. The molecule has 18 heavy (non-hydrogen) atoms. The van der Waals surface area contributed by atoms with Gasteiger partial charge in [0.1, 0.15) is 11.2 Å². The van der Waals surface area contributed by atoms with Crippen LogP contribution in [-0.2, 0) is 4.79 Å². The van der Waals surface area contributed by atoms with Crippen LogP contribution in [0.25, 0.3) is 0 Å². The summed E-state index contributed by atoms with van der Waals surface area (Å²) in [5, 5.41) is 5.32. The Labute approximate surface area is 115 Å². The number of halogens is 2. The molecular weight excluding hydrogens is 277 g/mol. The van der Waals surface area contributed by atoms with Crippen molar-refractivity contribution in [3.8, 4) is 0 Å². The van der Waals surface area contributed by atoms with Gasteiger partial charge in [-0.25, -0.2) is 4.98 Å². The minimum atomic E-state index is -0.642. The van der Waals surface area contributed by atoms with Gasteiger partial charge in [0.05, 0.1) is 16.3 Å². The number of nitrogens with one attached hydrogen (secondary N) is 2. The van der Waals surface area contributed by atoms with Gasteiger partial charge in [0.25, 0.3) is 5.91 Å². The molecule has 5 nitrogen and oxygen atoms in total. The fraction of sp³-hybridized carbons (Fsp3) is 0.364. The summed E-state index contributed by atoms with van der Waals surface area (Å²) in [6.07, 6.45) is 0. The van der Waals surface area contributed by atoms with E-state index in [4.69, 9.17) is 23.2 Å². The van der Waals surface area contributed by atoms with Gasteiger partial charge in [-0.05, 0) is 19.9 Å². The molecule has 0 spiro atoms. The van der Waals surface area contributed by atoms with Crippen LogP contribution in [0.1, 0.15) is 23.0 Å². The maximum absolute atomic E-state index is 11.9. The second kappa shape index (κ2) is 6.02. The molecule has 0 aliphatic carbocycles. The third-order valence-corrected chi connectivity index (χ3v) is 3.03. The highest BCUT2D eigenvalue weighted by atomic mass is 35.5. The highest BCUT2D eigenvalue weighted by molar-refractivity contribution is 6.41. The van der Waals surface area contributed by atoms with E-state index >= 15 is 0 Å². The molecule has 0 bridgehead atoms. The van der Waals surface area contributed by atoms with Crippen LogP contribution >= 0.6 is 23.2 Å². The average molecular weight is 290 g/mol. The molecule has 0 saturated heterocycles. The summed E-state index contributed by atoms with van der Waals surface area (Å²) in [4.78, 5) is 27.2. The van der Waals surface area contributed by atoms with Gasteiger partial charge in [0.2, 0.25) is 5.91 Å². The lowest BCUT2D eigenvalue weighted by atomic mass is 10.2. The molecule has 2 amide bonds. The first-order valence-electron chi connectivity index (χ1n) is 5.22. The highest BCUT2D eigenvalue weighted by Gasteiger charge is 2.18. The number of aromatic nitrogens is 1. The number of hydrogen-bond donors (Lipinski definition) is 2. The van der Waals surface area contributed by atoms with Crippen molar-refractivity contribution < 1.29 is 9.59 Å². The molecule has 0 radical (unpaired) electrons. The zero-order valence-electron chi connectivity index (χ0n) is 10.2. The minimum Gasteiger partial charge on any atom is -0.357 e. The first-order chi connectivity index (χ1) is 8.36. The lowest BCUT2D eigenvalue weighted by Crippen LogP contribution is -2.43. The molecular formula is C11H13Cl2N3O2. The first kappa shape index (κ1) is 14.7. The van der Waals surface area contributed by atoms with E-state index in [2.05, 4.69) is 15.6 Å². The van der Waals surface area contributed by atoms with Crippen molar-refractivity contribution in [2.75, 3.05) is 7.05 Å². The lowest BCUT2D eigenvalue weighted by molar-refractivity contribution is -0.122. The largest absolute Gasteiger partial charge is 0.357 e. The van der Waals surface area contributed by atoms with Crippen molar-refractivity contribution in [3.05, 3.63) is 27.5 Å². The standard InChI is InChI=1S/C11H13Cl2N3O2/c1-5-7(4-8(12)9(13)15-5)11(18)16-6(2)10(17)14-3/h4,6H,1-3H3,(H,14,17)(H,16,18)/t6-/m1/s1. The van der Waals surface area contributed by atoms with Gasteiger partial charge >= 0.3 is 0 Å². The smallest absolute Gasteiger partial charge is 0.253 e. The predicted molar refractivity (Wildman–Crippen MR) is 70.0 cm³/mol. The fourth-order valence-electron chi connectivity index (χ4n) is 1.34. The van der Waals surface area contributed by atoms with Crippen molar-refractivity contribution in [1.29, 1.82) is 0 Å². The van der Waals surface area contributed by atoms with Gasteiger partial charge < -0.3 is 10.6 Å². The molecule has 1 aromatic heterocycles. The molecule has 0 fully saturated rings. The fourth-order valence-corrected chi connectivity index (χ4v) is 1.67. The Balaban J connectivity index is 2.91. The molecule has 0 unspecified atom stereocenters. The van der Waals surface area contributed by atoms with E-state index in [1.165, 1.54) is 13.1 Å². The van der Waals surface area contributed by atoms with Crippen LogP contribution in [0.4, 0.5) is 0 Å². The summed E-state index contributed by atoms with van der Waals surface area (Å²) in [6, 6.07) is 0.786. The number of likely N-dealkylation sites (N-methyl/N-ethyl adjacent to an activating group) is 1. The zero-order chi connectivity index (χ0) is 13.9. The molecule has 7 heteroatoms. The van der Waals surface area contributed by atoms with E-state index < -0.39 is 11.9 Å². The predicted octanol–water partition coefficient (Wildman–Crippen LogP) is 1.56. The van der Waals surface area contributed by atoms with Crippen molar-refractivity contribution in [2.24, 2.45) is 0 Å². The molecule has 0 aliphatic heterocycles. The molecule has 98 valence electrons. The number of amides is 2. The Bertz CT molecular complexity index is 491. The number of rotatable bonds is 3. The summed E-state index contributed by atoms with van der Waals surface area (Å²) in [5.41, 5.74) is 0.742. The molecule has 2 N–H and O–H groups in total. The Kier molecular flexibility index (Phi) is 4.93. The molecule has 0 aromatic carbocycles. The average Bonchev–Trinajstić information content (AvgIpc) is 2.32. The second-order valence-electron chi connectivity index (χ2n) is 3.70. The normalized spacial score (nSPS) is 11.8. The summed E-state index contributed by atoms with van der Waals surface area (Å²) in [5.74, 6) is -0.705. The van der Waals surface area contributed by atoms with Gasteiger partial charge in [-0.15, -0.1) is 0 Å². The molecule has 0 aliphatic rings. The molecule has 1 aromatic rings. The highest BCUT2D eigenvalue weighted by Crippen LogP contribution is 2.22. The van der Waals surface area contributed by atoms with Crippen LogP contribution in [0.5, 0.6) is 0 Å².